The van der Waals surface area contributed by atoms with E-state index in [4.69, 9.17) is 0 Å². The maximum Gasteiger partial charge on any atom is 0.0369 e. The summed E-state index contributed by atoms with van der Waals surface area (Å²) >= 11 is 0. The fourth-order valence-corrected chi connectivity index (χ4v) is 2.45. The monoisotopic (exact) mass is 232 g/mol. The van der Waals surface area contributed by atoms with Crippen molar-refractivity contribution >= 4 is 5.69 Å². The van der Waals surface area contributed by atoms with E-state index in [-0.39, 0.29) is 0 Å². The number of rotatable bonds is 6. The zero-order valence-corrected chi connectivity index (χ0v) is 11.2. The number of hydrogen-bond acceptors (Lipinski definition) is 2. The summed E-state index contributed by atoms with van der Waals surface area (Å²) in [5.41, 5.74) is 2.70. The highest BCUT2D eigenvalue weighted by atomic mass is 15.1. The Morgan fingerprint density at radius 2 is 2.18 bits per heavy atom. The van der Waals surface area contributed by atoms with E-state index in [0.717, 1.165) is 19.0 Å². The van der Waals surface area contributed by atoms with Crippen LogP contribution >= 0.6 is 0 Å². The summed E-state index contributed by atoms with van der Waals surface area (Å²) in [4.78, 5) is 2.48. The van der Waals surface area contributed by atoms with E-state index in [1.807, 2.05) is 0 Å². The van der Waals surface area contributed by atoms with E-state index in [2.05, 4.69) is 55.4 Å². The van der Waals surface area contributed by atoms with Gasteiger partial charge in [-0.15, -0.1) is 0 Å². The van der Waals surface area contributed by atoms with Crippen molar-refractivity contribution < 1.29 is 0 Å². The van der Waals surface area contributed by atoms with E-state index in [9.17, 15) is 0 Å². The lowest BCUT2D eigenvalue weighted by Gasteiger charge is -2.28. The minimum atomic E-state index is 0.649. The molecule has 0 radical (unpaired) electrons. The maximum absolute atomic E-state index is 3.47. The topological polar surface area (TPSA) is 15.3 Å². The molecule has 2 heteroatoms. The van der Waals surface area contributed by atoms with Gasteiger partial charge in [-0.1, -0.05) is 12.1 Å². The number of nitrogens with zero attached hydrogens (tertiary/aromatic N) is 1. The van der Waals surface area contributed by atoms with Crippen LogP contribution in [0.25, 0.3) is 0 Å². The lowest BCUT2D eigenvalue weighted by Crippen LogP contribution is -2.41. The molecule has 1 aliphatic rings. The molecule has 1 unspecified atom stereocenters. The summed E-state index contributed by atoms with van der Waals surface area (Å²) < 4.78 is 0. The van der Waals surface area contributed by atoms with Gasteiger partial charge in [-0.2, -0.15) is 0 Å². The van der Waals surface area contributed by atoms with Gasteiger partial charge in [0.25, 0.3) is 0 Å². The molecular weight excluding hydrogens is 208 g/mol. The van der Waals surface area contributed by atoms with E-state index in [1.54, 1.807) is 0 Å². The van der Waals surface area contributed by atoms with Crippen LogP contribution in [0.1, 0.15) is 25.3 Å². The minimum absolute atomic E-state index is 0.649. The third-order valence-corrected chi connectivity index (χ3v) is 3.73. The van der Waals surface area contributed by atoms with E-state index >= 15 is 0 Å². The number of hydrogen-bond donors (Lipinski definition) is 1. The maximum atomic E-state index is 3.47. The molecular formula is C15H24N2. The second-order valence-corrected chi connectivity index (χ2v) is 5.11. The van der Waals surface area contributed by atoms with Crippen molar-refractivity contribution in [3.8, 4) is 0 Å². The Bertz CT molecular complexity index is 358. The number of benzene rings is 1. The summed E-state index contributed by atoms with van der Waals surface area (Å²) in [6.07, 6.45) is 2.80. The van der Waals surface area contributed by atoms with Gasteiger partial charge in [0, 0.05) is 24.8 Å². The molecule has 0 heterocycles. The number of aryl methyl sites for hydroxylation is 1. The molecule has 2 nitrogen and oxygen atoms in total. The van der Waals surface area contributed by atoms with Crippen molar-refractivity contribution in [1.29, 1.82) is 0 Å². The second kappa shape index (κ2) is 5.54. The zero-order valence-electron chi connectivity index (χ0n) is 11.2. The second-order valence-electron chi connectivity index (χ2n) is 5.11. The molecule has 1 atom stereocenters. The Morgan fingerprint density at radius 1 is 1.41 bits per heavy atom. The largest absolute Gasteiger partial charge is 0.370 e. The van der Waals surface area contributed by atoms with Gasteiger partial charge in [-0.25, -0.2) is 0 Å². The first-order chi connectivity index (χ1) is 8.24. The predicted molar refractivity (Wildman–Crippen MR) is 74.6 cm³/mol. The smallest absolute Gasteiger partial charge is 0.0369 e. The summed E-state index contributed by atoms with van der Waals surface area (Å²) in [5.74, 6) is 0.902. The van der Waals surface area contributed by atoms with Gasteiger partial charge in [0.15, 0.2) is 0 Å². The van der Waals surface area contributed by atoms with Gasteiger partial charge >= 0.3 is 0 Å². The molecule has 0 spiro atoms. The lowest BCUT2D eigenvalue weighted by atomic mass is 10.1. The van der Waals surface area contributed by atoms with Gasteiger partial charge < -0.3 is 10.2 Å². The molecule has 1 saturated carbocycles. The molecule has 1 N–H and O–H groups in total. The molecule has 0 bridgehead atoms. The quantitative estimate of drug-likeness (QED) is 0.811. The average molecular weight is 232 g/mol. The van der Waals surface area contributed by atoms with Crippen LogP contribution in [0, 0.1) is 12.8 Å². The first kappa shape index (κ1) is 12.4. The van der Waals surface area contributed by atoms with Gasteiger partial charge in [-0.05, 0) is 57.4 Å². The molecule has 1 aliphatic carbocycles. The Hall–Kier alpha value is -1.02. The Balaban J connectivity index is 2.04. The van der Waals surface area contributed by atoms with Crippen LogP contribution < -0.4 is 10.2 Å². The molecule has 0 aliphatic heterocycles. The van der Waals surface area contributed by atoms with Gasteiger partial charge in [-0.3, -0.25) is 0 Å². The van der Waals surface area contributed by atoms with Crippen LogP contribution in [0.15, 0.2) is 24.3 Å². The standard InChI is InChI=1S/C15H24N2/c1-4-17(11-15(16-3)13-8-9-13)14-7-5-6-12(2)10-14/h5-7,10,13,15-16H,4,8-9,11H2,1-3H3. The Morgan fingerprint density at radius 3 is 2.71 bits per heavy atom. The summed E-state index contributed by atoms with van der Waals surface area (Å²) in [5, 5.41) is 3.47. The minimum Gasteiger partial charge on any atom is -0.370 e. The van der Waals surface area contributed by atoms with Crippen molar-refractivity contribution in [3.05, 3.63) is 29.8 Å². The van der Waals surface area contributed by atoms with Crippen LogP contribution in [0.3, 0.4) is 0 Å². The molecule has 0 saturated heterocycles. The molecule has 1 aromatic rings. The highest BCUT2D eigenvalue weighted by Crippen LogP contribution is 2.33. The van der Waals surface area contributed by atoms with Gasteiger partial charge in [0.1, 0.15) is 0 Å². The van der Waals surface area contributed by atoms with E-state index in [0.29, 0.717) is 6.04 Å². The summed E-state index contributed by atoms with van der Waals surface area (Å²) in [6, 6.07) is 9.46. The van der Waals surface area contributed by atoms with Crippen molar-refractivity contribution in [2.45, 2.75) is 32.7 Å². The van der Waals surface area contributed by atoms with Gasteiger partial charge in [0.2, 0.25) is 0 Å². The van der Waals surface area contributed by atoms with Crippen molar-refractivity contribution in [3.63, 3.8) is 0 Å². The third-order valence-electron chi connectivity index (χ3n) is 3.73. The number of anilines is 1. The number of likely N-dealkylation sites (N-methyl/N-ethyl adjacent to an activating group) is 2. The molecule has 2 rings (SSSR count). The van der Waals surface area contributed by atoms with Crippen LogP contribution in [-0.2, 0) is 0 Å². The Kier molecular flexibility index (Phi) is 4.06. The zero-order chi connectivity index (χ0) is 12.3. The van der Waals surface area contributed by atoms with Crippen LogP contribution in [0.5, 0.6) is 0 Å². The molecule has 17 heavy (non-hydrogen) atoms. The highest BCUT2D eigenvalue weighted by molar-refractivity contribution is 5.48. The molecule has 1 fully saturated rings. The average Bonchev–Trinajstić information content (AvgIpc) is 3.15. The first-order valence-corrected chi connectivity index (χ1v) is 6.73. The summed E-state index contributed by atoms with van der Waals surface area (Å²) in [6.45, 7) is 6.60. The van der Waals surface area contributed by atoms with Crippen molar-refractivity contribution in [1.82, 2.24) is 5.32 Å². The van der Waals surface area contributed by atoms with Gasteiger partial charge in [0.05, 0.1) is 0 Å². The van der Waals surface area contributed by atoms with Crippen LogP contribution in [0.4, 0.5) is 5.69 Å². The molecule has 0 aromatic heterocycles. The predicted octanol–water partition coefficient (Wildman–Crippen LogP) is 2.82. The van der Waals surface area contributed by atoms with Crippen molar-refractivity contribution in [2.75, 3.05) is 25.0 Å². The molecule has 94 valence electrons. The van der Waals surface area contributed by atoms with Crippen molar-refractivity contribution in [2.24, 2.45) is 5.92 Å². The normalized spacial score (nSPS) is 16.9. The fraction of sp³-hybridized carbons (Fsp3) is 0.600. The number of nitrogens with one attached hydrogen (secondary N) is 1. The van der Waals surface area contributed by atoms with Crippen LogP contribution in [-0.4, -0.2) is 26.2 Å². The van der Waals surface area contributed by atoms with E-state index in [1.165, 1.54) is 24.1 Å². The summed E-state index contributed by atoms with van der Waals surface area (Å²) in [7, 11) is 2.09. The molecule has 0 amide bonds. The lowest BCUT2D eigenvalue weighted by molar-refractivity contribution is 0.496. The fourth-order valence-electron chi connectivity index (χ4n) is 2.45. The Labute approximate surface area is 105 Å². The SMILES string of the molecule is CCN(CC(NC)C1CC1)c1cccc(C)c1. The molecule has 1 aromatic carbocycles. The van der Waals surface area contributed by atoms with E-state index < -0.39 is 0 Å². The highest BCUT2D eigenvalue weighted by Gasteiger charge is 2.31. The first-order valence-electron chi connectivity index (χ1n) is 6.73. The third kappa shape index (κ3) is 3.22. The van der Waals surface area contributed by atoms with Crippen LogP contribution in [0.2, 0.25) is 0 Å².